The summed E-state index contributed by atoms with van der Waals surface area (Å²) < 4.78 is 125. The quantitative estimate of drug-likeness (QED) is 0.112. The van der Waals surface area contributed by atoms with E-state index in [0.29, 0.717) is 49.1 Å². The molecule has 3 aromatic rings. The van der Waals surface area contributed by atoms with Gasteiger partial charge >= 0.3 is 12.4 Å². The fourth-order valence-electron chi connectivity index (χ4n) is 8.10. The largest absolute Gasteiger partial charge is 0.510 e. The lowest BCUT2D eigenvalue weighted by Gasteiger charge is -2.41. The average molecular weight is 807 g/mol. The van der Waals surface area contributed by atoms with Crippen LogP contribution in [0.3, 0.4) is 0 Å². The van der Waals surface area contributed by atoms with E-state index >= 15 is 8.78 Å². The Labute approximate surface area is 326 Å². The SMILES string of the molecule is C/C=C1/C(Cc2ccc(OCCC3CCCCOCC3)c(F)c2F)C(=O)C(C(=O)Cc2ccc(C(F)(F)F)cc2-c2cccc(C(F)(F)F)c2)=C(O)C1(C)CCC. The molecule has 13 heteroatoms. The van der Waals surface area contributed by atoms with Crippen LogP contribution in [0.25, 0.3) is 11.1 Å². The van der Waals surface area contributed by atoms with Gasteiger partial charge in [-0.3, -0.25) is 9.59 Å². The van der Waals surface area contributed by atoms with Crippen LogP contribution in [-0.4, -0.2) is 36.5 Å². The first-order valence-corrected chi connectivity index (χ1v) is 19.1. The number of hydrogen-bond donors (Lipinski definition) is 1. The van der Waals surface area contributed by atoms with Gasteiger partial charge in [0.1, 0.15) is 5.76 Å². The summed E-state index contributed by atoms with van der Waals surface area (Å²) in [5, 5.41) is 11.7. The topological polar surface area (TPSA) is 72.8 Å². The first kappa shape index (κ1) is 43.6. The molecule has 1 saturated heterocycles. The molecule has 0 amide bonds. The minimum absolute atomic E-state index is 0.127. The monoisotopic (exact) mass is 806 g/mol. The van der Waals surface area contributed by atoms with Gasteiger partial charge in [-0.25, -0.2) is 4.39 Å². The van der Waals surface area contributed by atoms with Gasteiger partial charge in [0.05, 0.1) is 23.3 Å². The van der Waals surface area contributed by atoms with Gasteiger partial charge in [0.2, 0.25) is 5.82 Å². The van der Waals surface area contributed by atoms with Crippen LogP contribution < -0.4 is 4.74 Å². The van der Waals surface area contributed by atoms with Gasteiger partial charge in [-0.1, -0.05) is 56.5 Å². The lowest BCUT2D eigenvalue weighted by Crippen LogP contribution is -2.41. The molecule has 3 aromatic carbocycles. The van der Waals surface area contributed by atoms with Crippen LogP contribution in [0, 0.1) is 28.9 Å². The standard InChI is InChI=1S/C44H46F8O5/c1-4-18-42(3)34(5-2)33(23-29-13-15-36(39(46)38(29)45)57-21-17-26-9-6-7-19-56-20-16-26)40(54)37(41(42)55)35(53)24-28-12-14-31(44(50,51)52)25-32(28)27-10-8-11-30(22-27)43(47,48)49/h5,8,10-15,22,25-26,33,55H,4,6-7,9,16-21,23-24H2,1-3H3/b34-5-. The van der Waals surface area contributed by atoms with E-state index in [1.54, 1.807) is 26.8 Å². The summed E-state index contributed by atoms with van der Waals surface area (Å²) in [6.45, 7) is 6.54. The van der Waals surface area contributed by atoms with Crippen molar-refractivity contribution in [2.75, 3.05) is 19.8 Å². The summed E-state index contributed by atoms with van der Waals surface area (Å²) in [5.74, 6) is -6.20. The smallest absolute Gasteiger partial charge is 0.416 e. The van der Waals surface area contributed by atoms with Crippen molar-refractivity contribution in [2.24, 2.45) is 17.3 Å². The summed E-state index contributed by atoms with van der Waals surface area (Å²) in [4.78, 5) is 28.5. The fourth-order valence-corrected chi connectivity index (χ4v) is 8.10. The summed E-state index contributed by atoms with van der Waals surface area (Å²) in [5.41, 5.74) is -4.80. The number of ketones is 2. The van der Waals surface area contributed by atoms with Gasteiger partial charge in [-0.2, -0.15) is 30.7 Å². The van der Waals surface area contributed by atoms with Crippen LogP contribution in [0.2, 0.25) is 0 Å². The number of Topliss-reactive ketones (excluding diaryl/α,β-unsaturated/α-hetero) is 2. The molecule has 3 unspecified atom stereocenters. The van der Waals surface area contributed by atoms with Crippen molar-refractivity contribution in [3.8, 4) is 16.9 Å². The Bertz CT molecular complexity index is 2010. The molecule has 1 fully saturated rings. The number of carbonyl (C=O) groups excluding carboxylic acids is 2. The predicted molar refractivity (Wildman–Crippen MR) is 198 cm³/mol. The van der Waals surface area contributed by atoms with Crippen LogP contribution in [0.15, 0.2) is 77.6 Å². The lowest BCUT2D eigenvalue weighted by atomic mass is 9.62. The van der Waals surface area contributed by atoms with E-state index in [9.17, 15) is 41.0 Å². The van der Waals surface area contributed by atoms with Crippen LogP contribution >= 0.6 is 0 Å². The number of ether oxygens (including phenoxy) is 2. The maximum absolute atomic E-state index is 15.8. The molecule has 0 spiro atoms. The molecule has 0 bridgehead atoms. The molecule has 2 aliphatic rings. The van der Waals surface area contributed by atoms with E-state index in [2.05, 4.69) is 0 Å². The van der Waals surface area contributed by atoms with E-state index in [-0.39, 0.29) is 41.0 Å². The molecule has 5 nitrogen and oxygen atoms in total. The summed E-state index contributed by atoms with van der Waals surface area (Å²) in [6.07, 6.45) is -4.16. The zero-order valence-corrected chi connectivity index (χ0v) is 32.0. The summed E-state index contributed by atoms with van der Waals surface area (Å²) in [7, 11) is 0. The van der Waals surface area contributed by atoms with Gasteiger partial charge < -0.3 is 14.6 Å². The second-order valence-electron chi connectivity index (χ2n) is 15.0. The third-order valence-electron chi connectivity index (χ3n) is 11.1. The molecule has 1 aliphatic heterocycles. The highest BCUT2D eigenvalue weighted by molar-refractivity contribution is 6.23. The summed E-state index contributed by atoms with van der Waals surface area (Å²) >= 11 is 0. The van der Waals surface area contributed by atoms with E-state index < -0.39 is 82.2 Å². The highest BCUT2D eigenvalue weighted by Crippen LogP contribution is 2.50. The molecule has 1 N–H and O–H groups in total. The third kappa shape index (κ3) is 9.79. The molecule has 0 saturated carbocycles. The van der Waals surface area contributed by atoms with E-state index in [0.717, 1.165) is 50.5 Å². The highest BCUT2D eigenvalue weighted by Gasteiger charge is 2.49. The van der Waals surface area contributed by atoms with Gasteiger partial charge in [-0.05, 0) is 110 Å². The lowest BCUT2D eigenvalue weighted by molar-refractivity contribution is -0.138. The summed E-state index contributed by atoms with van der Waals surface area (Å²) in [6, 6.07) is 8.47. The van der Waals surface area contributed by atoms with Crippen molar-refractivity contribution in [3.63, 3.8) is 0 Å². The predicted octanol–water partition coefficient (Wildman–Crippen LogP) is 11.8. The van der Waals surface area contributed by atoms with Crippen molar-refractivity contribution in [3.05, 3.63) is 111 Å². The molecule has 1 aliphatic carbocycles. The number of carbonyl (C=O) groups is 2. The second-order valence-corrected chi connectivity index (χ2v) is 15.0. The van der Waals surface area contributed by atoms with Crippen LogP contribution in [0.5, 0.6) is 5.75 Å². The molecule has 5 rings (SSSR count). The van der Waals surface area contributed by atoms with Crippen LogP contribution in [0.4, 0.5) is 35.1 Å². The molecule has 57 heavy (non-hydrogen) atoms. The zero-order valence-electron chi connectivity index (χ0n) is 32.0. The fraction of sp³-hybridized carbons (Fsp3) is 0.455. The Morgan fingerprint density at radius 1 is 0.930 bits per heavy atom. The number of rotatable bonds is 12. The first-order valence-electron chi connectivity index (χ1n) is 19.1. The number of aliphatic hydroxyl groups is 1. The van der Waals surface area contributed by atoms with E-state index in [1.165, 1.54) is 18.2 Å². The maximum atomic E-state index is 15.8. The van der Waals surface area contributed by atoms with Crippen molar-refractivity contribution < 1.29 is 59.3 Å². The molecule has 308 valence electrons. The number of alkyl halides is 6. The molecule has 1 heterocycles. The minimum atomic E-state index is -4.88. The number of benzene rings is 3. The van der Waals surface area contributed by atoms with Crippen molar-refractivity contribution >= 4 is 11.6 Å². The molecular weight excluding hydrogens is 760 g/mol. The number of aliphatic hydroxyl groups excluding tert-OH is 1. The first-order chi connectivity index (χ1) is 26.9. The normalized spacial score (nSPS) is 21.7. The number of halogens is 8. The Balaban J connectivity index is 1.47. The van der Waals surface area contributed by atoms with Gasteiger partial charge in [0.25, 0.3) is 0 Å². The van der Waals surface area contributed by atoms with E-state index in [4.69, 9.17) is 9.47 Å². The zero-order chi connectivity index (χ0) is 41.7. The Kier molecular flexibility index (Phi) is 13.7. The molecule has 0 aromatic heterocycles. The Morgan fingerprint density at radius 3 is 2.32 bits per heavy atom. The highest BCUT2D eigenvalue weighted by atomic mass is 19.4. The Morgan fingerprint density at radius 2 is 1.63 bits per heavy atom. The van der Waals surface area contributed by atoms with Crippen molar-refractivity contribution in [1.29, 1.82) is 0 Å². The number of allylic oxidation sites excluding steroid dienone is 3. The third-order valence-corrected chi connectivity index (χ3v) is 11.1. The van der Waals surface area contributed by atoms with Crippen LogP contribution in [0.1, 0.15) is 88.0 Å². The van der Waals surface area contributed by atoms with Gasteiger partial charge in [-0.15, -0.1) is 0 Å². The van der Waals surface area contributed by atoms with E-state index in [1.807, 2.05) is 0 Å². The van der Waals surface area contributed by atoms with Crippen molar-refractivity contribution in [2.45, 2.75) is 90.9 Å². The Hall–Kier alpha value is -4.52. The molecule has 3 atom stereocenters. The second kappa shape index (κ2) is 18.0. The van der Waals surface area contributed by atoms with Gasteiger partial charge in [0.15, 0.2) is 23.1 Å². The molecular formula is C44H46F8O5. The minimum Gasteiger partial charge on any atom is -0.510 e. The van der Waals surface area contributed by atoms with Crippen molar-refractivity contribution in [1.82, 2.24) is 0 Å². The number of hydrogen-bond acceptors (Lipinski definition) is 5. The molecule has 0 radical (unpaired) electrons. The van der Waals surface area contributed by atoms with Crippen LogP contribution in [-0.2, 0) is 39.5 Å². The van der Waals surface area contributed by atoms with Gasteiger partial charge in [0, 0.05) is 31.0 Å². The maximum Gasteiger partial charge on any atom is 0.416 e. The average Bonchev–Trinajstić information content (AvgIpc) is 3.14.